The van der Waals surface area contributed by atoms with Crippen molar-refractivity contribution in [2.45, 2.75) is 51.0 Å². The number of amides is 1. The third-order valence-corrected chi connectivity index (χ3v) is 6.79. The molecule has 0 fully saturated rings. The van der Waals surface area contributed by atoms with Crippen molar-refractivity contribution in [1.82, 2.24) is 9.78 Å². The highest BCUT2D eigenvalue weighted by molar-refractivity contribution is 7.92. The summed E-state index contributed by atoms with van der Waals surface area (Å²) in [5.74, 6) is 0.791. The minimum Gasteiger partial charge on any atom is -0.486 e. The van der Waals surface area contributed by atoms with Crippen molar-refractivity contribution in [3.05, 3.63) is 59.9 Å². The van der Waals surface area contributed by atoms with E-state index in [1.165, 1.54) is 12.1 Å². The molecule has 9 nitrogen and oxygen atoms in total. The average Bonchev–Trinajstić information content (AvgIpc) is 3.27. The molecule has 10 heteroatoms. The number of aromatic nitrogens is 2. The molecular formula is C25H30N4O5S. The van der Waals surface area contributed by atoms with E-state index in [4.69, 9.17) is 9.47 Å². The van der Waals surface area contributed by atoms with Crippen molar-refractivity contribution in [2.24, 2.45) is 0 Å². The van der Waals surface area contributed by atoms with Crippen LogP contribution in [0, 0.1) is 0 Å². The van der Waals surface area contributed by atoms with Gasteiger partial charge in [-0.2, -0.15) is 5.10 Å². The number of hydrogen-bond donors (Lipinski definition) is 2. The van der Waals surface area contributed by atoms with Gasteiger partial charge in [-0.25, -0.2) is 8.42 Å². The van der Waals surface area contributed by atoms with Crippen LogP contribution in [0.5, 0.6) is 11.5 Å². The normalized spacial score (nSPS) is 13.5. The summed E-state index contributed by atoms with van der Waals surface area (Å²) in [5.41, 5.74) is 1.93. The Hall–Kier alpha value is -3.53. The summed E-state index contributed by atoms with van der Waals surface area (Å²) < 4.78 is 41.0. The van der Waals surface area contributed by atoms with Crippen molar-refractivity contribution in [3.8, 4) is 11.5 Å². The smallest absolute Gasteiger partial charge is 0.276 e. The summed E-state index contributed by atoms with van der Waals surface area (Å²) in [6.07, 6.45) is 0. The van der Waals surface area contributed by atoms with E-state index in [1.807, 2.05) is 25.5 Å². The topological polar surface area (TPSA) is 112 Å². The van der Waals surface area contributed by atoms with Crippen LogP contribution in [0.25, 0.3) is 0 Å². The van der Waals surface area contributed by atoms with Crippen LogP contribution in [0.1, 0.15) is 56.7 Å². The second-order valence-corrected chi connectivity index (χ2v) is 11.3. The maximum absolute atomic E-state index is 12.8. The molecule has 2 heterocycles. The van der Waals surface area contributed by atoms with Crippen molar-refractivity contribution in [1.29, 1.82) is 0 Å². The van der Waals surface area contributed by atoms with Crippen molar-refractivity contribution < 1.29 is 22.7 Å². The Morgan fingerprint density at radius 2 is 1.60 bits per heavy atom. The van der Waals surface area contributed by atoms with Gasteiger partial charge in [0.15, 0.2) is 17.2 Å². The number of carbonyl (C=O) groups is 1. The summed E-state index contributed by atoms with van der Waals surface area (Å²) in [4.78, 5) is 12.9. The van der Waals surface area contributed by atoms with E-state index in [0.717, 1.165) is 5.69 Å². The average molecular weight is 499 g/mol. The van der Waals surface area contributed by atoms with Crippen LogP contribution >= 0.6 is 0 Å². The summed E-state index contributed by atoms with van der Waals surface area (Å²) in [5, 5.41) is 7.35. The van der Waals surface area contributed by atoms with E-state index in [1.54, 1.807) is 36.4 Å². The van der Waals surface area contributed by atoms with Crippen LogP contribution < -0.4 is 19.5 Å². The van der Waals surface area contributed by atoms with Crippen molar-refractivity contribution in [2.75, 3.05) is 23.3 Å². The molecule has 0 saturated carbocycles. The monoisotopic (exact) mass is 498 g/mol. The summed E-state index contributed by atoms with van der Waals surface area (Å²) in [6, 6.07) is 12.7. The number of rotatable bonds is 6. The first kappa shape index (κ1) is 24.6. The molecule has 4 rings (SSSR count). The molecule has 186 valence electrons. The Labute approximate surface area is 205 Å². The molecule has 1 aromatic heterocycles. The van der Waals surface area contributed by atoms with Crippen molar-refractivity contribution >= 4 is 27.3 Å². The maximum atomic E-state index is 12.8. The molecule has 0 unspecified atom stereocenters. The molecule has 0 bridgehead atoms. The maximum Gasteiger partial charge on any atom is 0.276 e. The predicted molar refractivity (Wildman–Crippen MR) is 134 cm³/mol. The Morgan fingerprint density at radius 3 is 2.20 bits per heavy atom. The quantitative estimate of drug-likeness (QED) is 0.514. The molecule has 0 aliphatic carbocycles. The van der Waals surface area contributed by atoms with E-state index in [9.17, 15) is 13.2 Å². The number of sulfonamides is 1. The fraction of sp³-hybridized carbons (Fsp3) is 0.360. The molecule has 1 aliphatic rings. The molecule has 1 aliphatic heterocycles. The van der Waals surface area contributed by atoms with Gasteiger partial charge in [0.2, 0.25) is 0 Å². The molecule has 3 aromatic rings. The van der Waals surface area contributed by atoms with E-state index < -0.39 is 10.0 Å². The van der Waals surface area contributed by atoms with Gasteiger partial charge in [-0.3, -0.25) is 14.2 Å². The summed E-state index contributed by atoms with van der Waals surface area (Å²) in [6.45, 7) is 11.0. The van der Waals surface area contributed by atoms with Crippen molar-refractivity contribution in [3.63, 3.8) is 0 Å². The third-order valence-electron chi connectivity index (χ3n) is 5.42. The number of nitrogens with one attached hydrogen (secondary N) is 2. The van der Waals surface area contributed by atoms with Gasteiger partial charge < -0.3 is 14.8 Å². The number of fused-ring (bicyclic) bond motifs is 1. The minimum absolute atomic E-state index is 0.0644. The van der Waals surface area contributed by atoms with E-state index >= 15 is 0 Å². The lowest BCUT2D eigenvalue weighted by Gasteiger charge is -2.23. The van der Waals surface area contributed by atoms with Gasteiger partial charge in [0, 0.05) is 23.1 Å². The first-order valence-corrected chi connectivity index (χ1v) is 12.9. The zero-order chi connectivity index (χ0) is 25.4. The predicted octanol–water partition coefficient (Wildman–Crippen LogP) is 4.59. The molecule has 2 aromatic carbocycles. The highest BCUT2D eigenvalue weighted by Gasteiger charge is 2.24. The second kappa shape index (κ2) is 9.26. The molecule has 0 radical (unpaired) electrons. The van der Waals surface area contributed by atoms with Crippen LogP contribution in [-0.2, 0) is 15.6 Å². The lowest BCUT2D eigenvalue weighted by Crippen LogP contribution is -2.26. The third kappa shape index (κ3) is 5.43. The Balaban J connectivity index is 1.46. The van der Waals surface area contributed by atoms with Gasteiger partial charge in [0.05, 0.1) is 10.4 Å². The van der Waals surface area contributed by atoms with Gasteiger partial charge in [-0.1, -0.05) is 13.8 Å². The highest BCUT2D eigenvalue weighted by Crippen LogP contribution is 2.33. The number of ether oxygens (including phenoxy) is 2. The first-order chi connectivity index (χ1) is 16.4. The Kier molecular flexibility index (Phi) is 6.50. The second-order valence-electron chi connectivity index (χ2n) is 9.63. The SMILES string of the molecule is CC(C)c1cc(C(=O)Nc2ccc(NS(=O)(=O)c3ccc4c(c3)OCCO4)cc2)nn1C(C)(C)C. The van der Waals surface area contributed by atoms with Crippen LogP contribution in [-0.4, -0.2) is 37.3 Å². The minimum atomic E-state index is -3.84. The van der Waals surface area contributed by atoms with Crippen LogP contribution in [0.3, 0.4) is 0 Å². The Morgan fingerprint density at radius 1 is 0.971 bits per heavy atom. The van der Waals surface area contributed by atoms with Gasteiger partial charge in [-0.15, -0.1) is 0 Å². The van der Waals surface area contributed by atoms with E-state index in [-0.39, 0.29) is 22.3 Å². The van der Waals surface area contributed by atoms with Crippen LogP contribution in [0.15, 0.2) is 53.4 Å². The molecule has 0 spiro atoms. The fourth-order valence-electron chi connectivity index (χ4n) is 3.68. The van der Waals surface area contributed by atoms with Crippen LogP contribution in [0.2, 0.25) is 0 Å². The lowest BCUT2D eigenvalue weighted by atomic mass is 10.1. The number of anilines is 2. The number of benzene rings is 2. The highest BCUT2D eigenvalue weighted by atomic mass is 32.2. The molecule has 2 N–H and O–H groups in total. The summed E-state index contributed by atoms with van der Waals surface area (Å²) >= 11 is 0. The van der Waals surface area contributed by atoms with E-state index in [2.05, 4.69) is 29.0 Å². The number of carbonyl (C=O) groups excluding carboxylic acids is 1. The molecule has 35 heavy (non-hydrogen) atoms. The molecule has 0 atom stereocenters. The van der Waals surface area contributed by atoms with Gasteiger partial charge in [-0.05, 0) is 69.2 Å². The lowest BCUT2D eigenvalue weighted by molar-refractivity contribution is 0.102. The molecule has 1 amide bonds. The van der Waals surface area contributed by atoms with Gasteiger partial charge in [0.25, 0.3) is 15.9 Å². The molecular weight excluding hydrogens is 468 g/mol. The van der Waals surface area contributed by atoms with Crippen LogP contribution in [0.4, 0.5) is 11.4 Å². The fourth-order valence-corrected chi connectivity index (χ4v) is 4.75. The molecule has 0 saturated heterocycles. The summed E-state index contributed by atoms with van der Waals surface area (Å²) in [7, 11) is -3.84. The Bertz CT molecular complexity index is 1340. The zero-order valence-electron chi connectivity index (χ0n) is 20.5. The largest absolute Gasteiger partial charge is 0.486 e. The standard InChI is InChI=1S/C25H30N4O5S/c1-16(2)21-15-20(27-29(21)25(3,4)5)24(30)26-17-6-8-18(9-7-17)28-35(31,32)19-10-11-22-23(14-19)34-13-12-33-22/h6-11,14-16,28H,12-13H2,1-5H3,(H,26,30). The first-order valence-electron chi connectivity index (χ1n) is 11.4. The number of hydrogen-bond acceptors (Lipinski definition) is 6. The van der Waals surface area contributed by atoms with Gasteiger partial charge >= 0.3 is 0 Å². The van der Waals surface area contributed by atoms with E-state index in [0.29, 0.717) is 41.8 Å². The number of nitrogens with zero attached hydrogens (tertiary/aromatic N) is 2. The zero-order valence-corrected chi connectivity index (χ0v) is 21.3. The van der Waals surface area contributed by atoms with Gasteiger partial charge in [0.1, 0.15) is 13.2 Å².